The Labute approximate surface area is 200 Å². The number of para-hydroxylation sites is 1. The first-order chi connectivity index (χ1) is 15.2. The summed E-state index contributed by atoms with van der Waals surface area (Å²) in [6, 6.07) is 7.94. The first-order valence-corrected chi connectivity index (χ1v) is 13.4. The Hall–Kier alpha value is -0.930. The number of carbonyl (C=O) groups is 1. The van der Waals surface area contributed by atoms with Crippen molar-refractivity contribution >= 4 is 34.9 Å². The van der Waals surface area contributed by atoms with Crippen LogP contribution in [0.1, 0.15) is 89.5 Å². The summed E-state index contributed by atoms with van der Waals surface area (Å²) in [4.78, 5) is 14.4. The number of hydrogen-bond acceptors (Lipinski definition) is 3. The van der Waals surface area contributed by atoms with E-state index in [1.165, 1.54) is 64.2 Å². The van der Waals surface area contributed by atoms with E-state index in [4.69, 9.17) is 27.9 Å². The molecule has 0 aliphatic rings. The summed E-state index contributed by atoms with van der Waals surface area (Å²) in [7, 11) is 0. The van der Waals surface area contributed by atoms with Crippen molar-refractivity contribution in [3.05, 3.63) is 29.8 Å². The third kappa shape index (κ3) is 14.0. The molecule has 0 saturated heterocycles. The summed E-state index contributed by atoms with van der Waals surface area (Å²) in [5.74, 6) is 0.885. The van der Waals surface area contributed by atoms with Gasteiger partial charge in [-0.15, -0.1) is 23.2 Å². The van der Waals surface area contributed by atoms with Gasteiger partial charge in [-0.2, -0.15) is 0 Å². The van der Waals surface area contributed by atoms with Crippen LogP contribution in [-0.4, -0.2) is 37.4 Å². The van der Waals surface area contributed by atoms with E-state index in [-0.39, 0.29) is 12.4 Å². The van der Waals surface area contributed by atoms with Gasteiger partial charge in [0, 0.05) is 30.5 Å². The van der Waals surface area contributed by atoms with E-state index < -0.39 is 0 Å². The Bertz CT molecular complexity index is 562. The topological polar surface area (TPSA) is 29.5 Å². The average molecular weight is 473 g/mol. The van der Waals surface area contributed by atoms with Crippen LogP contribution in [0.15, 0.2) is 24.3 Å². The van der Waals surface area contributed by atoms with Gasteiger partial charge in [0.25, 0.3) is 0 Å². The lowest BCUT2D eigenvalue weighted by molar-refractivity contribution is -0.142. The molecule has 0 atom stereocenters. The number of nitrogens with zero attached hydrogens (tertiary/aromatic N) is 1. The van der Waals surface area contributed by atoms with Crippen molar-refractivity contribution in [1.82, 2.24) is 0 Å². The molecule has 3 nitrogen and oxygen atoms in total. The highest BCUT2D eigenvalue weighted by molar-refractivity contribution is 6.18. The second-order valence-corrected chi connectivity index (χ2v) is 9.04. The van der Waals surface area contributed by atoms with Gasteiger partial charge in [0.05, 0.1) is 13.0 Å². The maximum atomic E-state index is 12.3. The third-order valence-corrected chi connectivity index (χ3v) is 5.97. The van der Waals surface area contributed by atoms with Crippen LogP contribution in [0.2, 0.25) is 0 Å². The van der Waals surface area contributed by atoms with E-state index in [9.17, 15) is 4.79 Å². The lowest BCUT2D eigenvalue weighted by atomic mass is 10.1. The lowest BCUT2D eigenvalue weighted by Gasteiger charge is -2.25. The van der Waals surface area contributed by atoms with Gasteiger partial charge in [0.15, 0.2) is 0 Å². The number of unbranched alkanes of at least 4 members (excludes halogenated alkanes) is 11. The van der Waals surface area contributed by atoms with Crippen molar-refractivity contribution < 1.29 is 9.53 Å². The Balaban J connectivity index is 2.15. The molecule has 0 radical (unpaired) electrons. The van der Waals surface area contributed by atoms with Gasteiger partial charge in [0.1, 0.15) is 0 Å². The number of halogens is 2. The number of ether oxygens (including phenoxy) is 1. The van der Waals surface area contributed by atoms with Crippen LogP contribution < -0.4 is 4.90 Å². The van der Waals surface area contributed by atoms with E-state index in [0.717, 1.165) is 24.1 Å². The molecule has 0 aliphatic carbocycles. The second kappa shape index (κ2) is 19.7. The molecule has 0 aliphatic heterocycles. The molecule has 1 aromatic rings. The summed E-state index contributed by atoms with van der Waals surface area (Å²) in [6.45, 7) is 4.20. The summed E-state index contributed by atoms with van der Waals surface area (Å²) in [6.07, 6.45) is 15.9. The van der Waals surface area contributed by atoms with Crippen LogP contribution in [-0.2, 0) is 16.0 Å². The highest BCUT2D eigenvalue weighted by Crippen LogP contribution is 2.21. The predicted octanol–water partition coefficient (Wildman–Crippen LogP) is 7.76. The highest BCUT2D eigenvalue weighted by Gasteiger charge is 2.13. The van der Waals surface area contributed by atoms with Crippen molar-refractivity contribution in [2.24, 2.45) is 0 Å². The van der Waals surface area contributed by atoms with Crippen LogP contribution in [0.4, 0.5) is 5.69 Å². The van der Waals surface area contributed by atoms with Crippen molar-refractivity contribution in [3.63, 3.8) is 0 Å². The van der Waals surface area contributed by atoms with Gasteiger partial charge in [-0.25, -0.2) is 0 Å². The minimum absolute atomic E-state index is 0.160. The van der Waals surface area contributed by atoms with E-state index in [0.29, 0.717) is 31.5 Å². The molecule has 0 aromatic heterocycles. The first kappa shape index (κ1) is 28.1. The smallest absolute Gasteiger partial charge is 0.310 e. The molecule has 0 bridgehead atoms. The molecule has 0 unspecified atom stereocenters. The summed E-state index contributed by atoms with van der Waals surface area (Å²) >= 11 is 11.9. The molecule has 0 fully saturated rings. The Morgan fingerprint density at radius 1 is 0.806 bits per heavy atom. The van der Waals surface area contributed by atoms with Crippen molar-refractivity contribution in [3.8, 4) is 0 Å². The van der Waals surface area contributed by atoms with Crippen molar-refractivity contribution in [1.29, 1.82) is 0 Å². The number of esters is 1. The maximum Gasteiger partial charge on any atom is 0.310 e. The monoisotopic (exact) mass is 471 g/mol. The zero-order chi connectivity index (χ0) is 22.6. The zero-order valence-corrected chi connectivity index (χ0v) is 21.1. The zero-order valence-electron chi connectivity index (χ0n) is 19.6. The molecule has 31 heavy (non-hydrogen) atoms. The normalized spacial score (nSPS) is 10.9. The quantitative estimate of drug-likeness (QED) is 0.110. The Kier molecular flexibility index (Phi) is 17.9. The number of hydrogen-bond donors (Lipinski definition) is 0. The minimum atomic E-state index is -0.160. The molecule has 5 heteroatoms. The molecule has 1 rings (SSSR count). The van der Waals surface area contributed by atoms with E-state index in [1.807, 2.05) is 24.3 Å². The average Bonchev–Trinajstić information content (AvgIpc) is 2.77. The Morgan fingerprint density at radius 3 is 1.87 bits per heavy atom. The van der Waals surface area contributed by atoms with Gasteiger partial charge < -0.3 is 9.64 Å². The largest absolute Gasteiger partial charge is 0.465 e. The molecule has 1 aromatic carbocycles. The van der Waals surface area contributed by atoms with Crippen molar-refractivity contribution in [2.75, 3.05) is 36.4 Å². The summed E-state index contributed by atoms with van der Waals surface area (Å²) in [5.41, 5.74) is 1.99. The molecule has 0 spiro atoms. The number of benzene rings is 1. The van der Waals surface area contributed by atoms with Gasteiger partial charge >= 0.3 is 5.97 Å². The van der Waals surface area contributed by atoms with Crippen LogP contribution in [0.25, 0.3) is 0 Å². The third-order valence-electron chi connectivity index (χ3n) is 5.64. The van der Waals surface area contributed by atoms with E-state index >= 15 is 0 Å². The van der Waals surface area contributed by atoms with Gasteiger partial charge in [-0.1, -0.05) is 95.8 Å². The fourth-order valence-electron chi connectivity index (χ4n) is 3.86. The standard InChI is InChI=1S/C26H43Cl2NO2/c1-2-3-4-5-6-7-8-9-10-11-12-15-22-31-26(30)23-24-16-13-14-17-25(24)29(20-18-27)21-19-28/h13-14,16-17H,2-12,15,18-23H2,1H3. The lowest BCUT2D eigenvalue weighted by Crippen LogP contribution is -2.29. The van der Waals surface area contributed by atoms with E-state index in [1.54, 1.807) is 0 Å². The fourth-order valence-corrected chi connectivity index (χ4v) is 4.27. The number of alkyl halides is 2. The number of anilines is 1. The summed E-state index contributed by atoms with van der Waals surface area (Å²) in [5, 5.41) is 0. The Morgan fingerprint density at radius 2 is 1.32 bits per heavy atom. The first-order valence-electron chi connectivity index (χ1n) is 12.3. The SMILES string of the molecule is CCCCCCCCCCCCCCOC(=O)Cc1ccccc1N(CCCl)CCCl. The maximum absolute atomic E-state index is 12.3. The molecule has 0 saturated carbocycles. The predicted molar refractivity (Wildman–Crippen MR) is 136 cm³/mol. The number of rotatable bonds is 20. The summed E-state index contributed by atoms with van der Waals surface area (Å²) < 4.78 is 5.48. The molecule has 178 valence electrons. The molecule has 0 N–H and O–H groups in total. The van der Waals surface area contributed by atoms with Crippen molar-refractivity contribution in [2.45, 2.75) is 90.4 Å². The molecular formula is C26H43Cl2NO2. The van der Waals surface area contributed by atoms with Crippen LogP contribution >= 0.6 is 23.2 Å². The second-order valence-electron chi connectivity index (χ2n) is 8.28. The van der Waals surface area contributed by atoms with Crippen LogP contribution in [0, 0.1) is 0 Å². The molecule has 0 heterocycles. The van der Waals surface area contributed by atoms with Gasteiger partial charge in [-0.3, -0.25) is 4.79 Å². The van der Waals surface area contributed by atoms with E-state index in [2.05, 4.69) is 11.8 Å². The fraction of sp³-hybridized carbons (Fsp3) is 0.731. The highest BCUT2D eigenvalue weighted by atomic mass is 35.5. The minimum Gasteiger partial charge on any atom is -0.465 e. The number of carbonyl (C=O) groups excluding carboxylic acids is 1. The molecular weight excluding hydrogens is 429 g/mol. The van der Waals surface area contributed by atoms with Crippen LogP contribution in [0.3, 0.4) is 0 Å². The van der Waals surface area contributed by atoms with Crippen LogP contribution in [0.5, 0.6) is 0 Å². The van der Waals surface area contributed by atoms with Gasteiger partial charge in [0.2, 0.25) is 0 Å². The van der Waals surface area contributed by atoms with Gasteiger partial charge in [-0.05, 0) is 18.1 Å². The molecule has 0 amide bonds.